The Kier molecular flexibility index (Phi) is 4.95. The number of rotatable bonds is 4. The maximum Gasteiger partial charge on any atom is 0.0897 e. The van der Waals surface area contributed by atoms with E-state index >= 15 is 0 Å². The van der Waals surface area contributed by atoms with Crippen molar-refractivity contribution in [2.75, 3.05) is 7.05 Å². The summed E-state index contributed by atoms with van der Waals surface area (Å²) in [7, 11) is 1.98. The molecule has 96 valence electrons. The van der Waals surface area contributed by atoms with E-state index in [-0.39, 0.29) is 6.04 Å². The lowest BCUT2D eigenvalue weighted by Crippen LogP contribution is -2.19. The van der Waals surface area contributed by atoms with E-state index in [1.807, 2.05) is 20.0 Å². The van der Waals surface area contributed by atoms with Gasteiger partial charge in [0.05, 0.1) is 10.7 Å². The minimum Gasteiger partial charge on any atom is -0.313 e. The molecule has 0 aliphatic rings. The number of thiazole rings is 1. The lowest BCUT2D eigenvalue weighted by Gasteiger charge is -2.17. The molecule has 0 saturated carbocycles. The molecule has 2 rings (SSSR count). The molecular weight excluding hydrogens is 376 g/mol. The topological polar surface area (TPSA) is 24.9 Å². The highest BCUT2D eigenvalue weighted by Crippen LogP contribution is 2.29. The van der Waals surface area contributed by atoms with Crippen LogP contribution in [0.2, 0.25) is 0 Å². The van der Waals surface area contributed by atoms with Gasteiger partial charge in [0.2, 0.25) is 0 Å². The van der Waals surface area contributed by atoms with E-state index in [2.05, 4.69) is 59.7 Å². The molecule has 1 aromatic carbocycles. The SMILES string of the molecule is CNC(Cc1csc(C)n1)c1cc(Br)ccc1Br. The smallest absolute Gasteiger partial charge is 0.0897 e. The third kappa shape index (κ3) is 3.41. The van der Waals surface area contributed by atoms with Crippen molar-refractivity contribution in [1.29, 1.82) is 0 Å². The van der Waals surface area contributed by atoms with Crippen molar-refractivity contribution in [1.82, 2.24) is 10.3 Å². The summed E-state index contributed by atoms with van der Waals surface area (Å²) in [4.78, 5) is 4.53. The average Bonchev–Trinajstić information content (AvgIpc) is 2.75. The summed E-state index contributed by atoms with van der Waals surface area (Å²) >= 11 is 8.83. The lowest BCUT2D eigenvalue weighted by atomic mass is 10.0. The number of halogens is 2. The molecular formula is C13H14Br2N2S. The van der Waals surface area contributed by atoms with Gasteiger partial charge in [-0.15, -0.1) is 11.3 Å². The number of hydrogen-bond donors (Lipinski definition) is 1. The van der Waals surface area contributed by atoms with E-state index in [1.54, 1.807) is 11.3 Å². The summed E-state index contributed by atoms with van der Waals surface area (Å²) in [6.07, 6.45) is 0.899. The number of benzene rings is 1. The first-order chi connectivity index (χ1) is 8.60. The van der Waals surface area contributed by atoms with Gasteiger partial charge in [-0.3, -0.25) is 0 Å². The molecule has 2 aromatic rings. The Bertz CT molecular complexity index is 540. The Morgan fingerprint density at radius 2 is 2.17 bits per heavy atom. The van der Waals surface area contributed by atoms with Crippen LogP contribution in [0.1, 0.15) is 22.3 Å². The number of nitrogens with zero attached hydrogens (tertiary/aromatic N) is 1. The second-order valence-corrected chi connectivity index (χ2v) is 6.90. The number of aryl methyl sites for hydroxylation is 1. The molecule has 5 heteroatoms. The predicted octanol–water partition coefficient (Wildman–Crippen LogP) is 4.48. The van der Waals surface area contributed by atoms with Crippen molar-refractivity contribution in [2.24, 2.45) is 0 Å². The van der Waals surface area contributed by atoms with Gasteiger partial charge in [0, 0.05) is 26.8 Å². The number of likely N-dealkylation sites (N-methyl/N-ethyl adjacent to an activating group) is 1. The van der Waals surface area contributed by atoms with Crippen LogP contribution >= 0.6 is 43.2 Å². The second kappa shape index (κ2) is 6.28. The molecule has 0 aliphatic heterocycles. The van der Waals surface area contributed by atoms with Crippen LogP contribution in [0.15, 0.2) is 32.5 Å². The van der Waals surface area contributed by atoms with Crippen molar-refractivity contribution in [3.05, 3.63) is 48.8 Å². The van der Waals surface area contributed by atoms with E-state index in [0.717, 1.165) is 26.1 Å². The largest absolute Gasteiger partial charge is 0.313 e. The van der Waals surface area contributed by atoms with E-state index in [9.17, 15) is 0 Å². The van der Waals surface area contributed by atoms with E-state index in [1.165, 1.54) is 5.56 Å². The minimum atomic E-state index is 0.262. The molecule has 2 nitrogen and oxygen atoms in total. The van der Waals surface area contributed by atoms with Gasteiger partial charge in [-0.25, -0.2) is 4.98 Å². The number of aromatic nitrogens is 1. The first kappa shape index (κ1) is 14.2. The Balaban J connectivity index is 2.25. The van der Waals surface area contributed by atoms with Crippen molar-refractivity contribution in [3.63, 3.8) is 0 Å². The van der Waals surface area contributed by atoms with Crippen LogP contribution in [0, 0.1) is 6.92 Å². The Morgan fingerprint density at radius 1 is 1.39 bits per heavy atom. The third-order valence-corrected chi connectivity index (χ3v) is 4.80. The fourth-order valence-electron chi connectivity index (χ4n) is 1.86. The van der Waals surface area contributed by atoms with Gasteiger partial charge in [0.15, 0.2) is 0 Å². The standard InChI is InChI=1S/C13H14Br2N2S/c1-8-17-10(7-18-8)6-13(16-2)11-5-9(14)3-4-12(11)15/h3-5,7,13,16H,6H2,1-2H3. The van der Waals surface area contributed by atoms with Gasteiger partial charge in [0.1, 0.15) is 0 Å². The van der Waals surface area contributed by atoms with Crippen LogP contribution in [0.5, 0.6) is 0 Å². The van der Waals surface area contributed by atoms with Gasteiger partial charge in [-0.2, -0.15) is 0 Å². The Hall–Kier alpha value is -0.230. The van der Waals surface area contributed by atoms with Crippen LogP contribution in [0.25, 0.3) is 0 Å². The van der Waals surface area contributed by atoms with Gasteiger partial charge < -0.3 is 5.32 Å². The predicted molar refractivity (Wildman–Crippen MR) is 84.2 cm³/mol. The van der Waals surface area contributed by atoms with Crippen molar-refractivity contribution < 1.29 is 0 Å². The fourth-order valence-corrected chi connectivity index (χ4v) is 3.39. The zero-order valence-corrected chi connectivity index (χ0v) is 14.2. The molecule has 1 atom stereocenters. The van der Waals surface area contributed by atoms with Crippen LogP contribution in [-0.4, -0.2) is 12.0 Å². The zero-order chi connectivity index (χ0) is 13.1. The number of hydrogen-bond acceptors (Lipinski definition) is 3. The summed E-state index contributed by atoms with van der Waals surface area (Å²) in [6.45, 7) is 2.04. The molecule has 0 aliphatic carbocycles. The quantitative estimate of drug-likeness (QED) is 0.833. The molecule has 18 heavy (non-hydrogen) atoms. The molecule has 0 fully saturated rings. The molecule has 0 amide bonds. The fraction of sp³-hybridized carbons (Fsp3) is 0.308. The highest BCUT2D eigenvalue weighted by Gasteiger charge is 2.15. The monoisotopic (exact) mass is 388 g/mol. The summed E-state index contributed by atoms with van der Waals surface area (Å²) in [5, 5.41) is 6.61. The summed E-state index contributed by atoms with van der Waals surface area (Å²) < 4.78 is 2.22. The van der Waals surface area contributed by atoms with Crippen molar-refractivity contribution in [3.8, 4) is 0 Å². The summed E-state index contributed by atoms with van der Waals surface area (Å²) in [6, 6.07) is 6.51. The Labute approximate surface area is 128 Å². The lowest BCUT2D eigenvalue weighted by molar-refractivity contribution is 0.583. The molecule has 0 bridgehead atoms. The van der Waals surface area contributed by atoms with Crippen molar-refractivity contribution in [2.45, 2.75) is 19.4 Å². The molecule has 1 heterocycles. The first-order valence-corrected chi connectivity index (χ1v) is 8.10. The third-order valence-electron chi connectivity index (χ3n) is 2.76. The zero-order valence-electron chi connectivity index (χ0n) is 10.2. The van der Waals surface area contributed by atoms with Crippen LogP contribution in [-0.2, 0) is 6.42 Å². The van der Waals surface area contributed by atoms with Gasteiger partial charge in [-0.05, 0) is 37.7 Å². The second-order valence-electron chi connectivity index (χ2n) is 4.07. The molecule has 0 radical (unpaired) electrons. The average molecular weight is 390 g/mol. The maximum atomic E-state index is 4.53. The minimum absolute atomic E-state index is 0.262. The van der Waals surface area contributed by atoms with Gasteiger partial charge in [0.25, 0.3) is 0 Å². The Morgan fingerprint density at radius 3 is 2.78 bits per heavy atom. The molecule has 0 saturated heterocycles. The number of nitrogens with one attached hydrogen (secondary N) is 1. The van der Waals surface area contributed by atoms with Crippen LogP contribution in [0.3, 0.4) is 0 Å². The molecule has 0 spiro atoms. The maximum absolute atomic E-state index is 4.53. The van der Waals surface area contributed by atoms with E-state index < -0.39 is 0 Å². The van der Waals surface area contributed by atoms with Crippen LogP contribution < -0.4 is 5.32 Å². The molecule has 1 aromatic heterocycles. The van der Waals surface area contributed by atoms with Crippen LogP contribution in [0.4, 0.5) is 0 Å². The van der Waals surface area contributed by atoms with Crippen molar-refractivity contribution >= 4 is 43.2 Å². The van der Waals surface area contributed by atoms with E-state index in [4.69, 9.17) is 0 Å². The highest BCUT2D eigenvalue weighted by atomic mass is 79.9. The molecule has 1 unspecified atom stereocenters. The normalized spacial score (nSPS) is 12.7. The van der Waals surface area contributed by atoms with Gasteiger partial charge in [-0.1, -0.05) is 31.9 Å². The molecule has 1 N–H and O–H groups in total. The summed E-state index contributed by atoms with van der Waals surface area (Å²) in [5.74, 6) is 0. The highest BCUT2D eigenvalue weighted by molar-refractivity contribution is 9.11. The first-order valence-electron chi connectivity index (χ1n) is 5.63. The van der Waals surface area contributed by atoms with E-state index in [0.29, 0.717) is 0 Å². The summed E-state index contributed by atoms with van der Waals surface area (Å²) in [5.41, 5.74) is 2.39. The van der Waals surface area contributed by atoms with Gasteiger partial charge >= 0.3 is 0 Å².